The molecule has 2 amide bonds. The maximum Gasteiger partial charge on any atom is 0.229 e. The molecule has 3 aliphatic rings. The Bertz CT molecular complexity index is 398. The molecule has 3 fully saturated rings. The Labute approximate surface area is 126 Å². The number of rotatable bonds is 2. The molecule has 0 aromatic rings. The Balaban J connectivity index is 1.68. The molecule has 0 bridgehead atoms. The molecule has 1 saturated heterocycles. The van der Waals surface area contributed by atoms with Crippen LogP contribution in [0.4, 0.5) is 0 Å². The van der Waals surface area contributed by atoms with Gasteiger partial charge in [0.2, 0.25) is 11.8 Å². The van der Waals surface area contributed by atoms with Gasteiger partial charge in [-0.3, -0.25) is 14.5 Å². The fourth-order valence-electron chi connectivity index (χ4n) is 4.53. The van der Waals surface area contributed by atoms with E-state index in [1.54, 1.807) is 0 Å². The molecule has 0 aromatic carbocycles. The first kappa shape index (κ1) is 15.0. The highest BCUT2D eigenvalue weighted by Gasteiger charge is 2.46. The van der Waals surface area contributed by atoms with Crippen LogP contribution in [-0.2, 0) is 9.59 Å². The number of imide groups is 1. The van der Waals surface area contributed by atoms with E-state index in [-0.39, 0.29) is 23.8 Å². The van der Waals surface area contributed by atoms with E-state index in [2.05, 4.69) is 0 Å². The molecule has 118 valence electrons. The highest BCUT2D eigenvalue weighted by atomic mass is 16.3. The summed E-state index contributed by atoms with van der Waals surface area (Å²) in [6, 6.07) is 0. The zero-order valence-electron chi connectivity index (χ0n) is 12.9. The van der Waals surface area contributed by atoms with Crippen molar-refractivity contribution in [2.75, 3.05) is 6.54 Å². The molecule has 2 aliphatic carbocycles. The van der Waals surface area contributed by atoms with Gasteiger partial charge in [0, 0.05) is 12.8 Å². The van der Waals surface area contributed by atoms with Gasteiger partial charge in [-0.15, -0.1) is 0 Å². The van der Waals surface area contributed by atoms with Crippen LogP contribution in [0.15, 0.2) is 0 Å². The Hall–Kier alpha value is -0.900. The Morgan fingerprint density at radius 2 is 1.29 bits per heavy atom. The zero-order chi connectivity index (χ0) is 14.9. The molecule has 0 atom stereocenters. The number of hydrogen-bond donors (Lipinski definition) is 1. The summed E-state index contributed by atoms with van der Waals surface area (Å²) in [5, 5.41) is 10.7. The van der Waals surface area contributed by atoms with Gasteiger partial charge in [-0.2, -0.15) is 0 Å². The predicted molar refractivity (Wildman–Crippen MR) is 79.5 cm³/mol. The fourth-order valence-corrected chi connectivity index (χ4v) is 4.53. The number of β-amino-alcohol motifs (C(OH)–C–C–N with tert-alkyl or cyclic N) is 1. The molecule has 21 heavy (non-hydrogen) atoms. The molecule has 1 spiro atoms. The quantitative estimate of drug-likeness (QED) is 0.629. The minimum Gasteiger partial charge on any atom is -0.388 e. The monoisotopic (exact) mass is 293 g/mol. The summed E-state index contributed by atoms with van der Waals surface area (Å²) in [5.74, 6) is -0.100. The van der Waals surface area contributed by atoms with E-state index in [1.807, 2.05) is 0 Å². The third kappa shape index (κ3) is 3.15. The largest absolute Gasteiger partial charge is 0.388 e. The van der Waals surface area contributed by atoms with Crippen LogP contribution in [0.5, 0.6) is 0 Å². The Kier molecular flexibility index (Phi) is 4.08. The highest BCUT2D eigenvalue weighted by molar-refractivity contribution is 5.98. The summed E-state index contributed by atoms with van der Waals surface area (Å²) >= 11 is 0. The first-order valence-corrected chi connectivity index (χ1v) is 8.58. The van der Waals surface area contributed by atoms with Crippen molar-refractivity contribution in [3.8, 4) is 0 Å². The molecule has 0 aromatic heterocycles. The second-order valence-corrected chi connectivity index (χ2v) is 7.57. The number of nitrogens with zero attached hydrogens (tertiary/aromatic N) is 1. The van der Waals surface area contributed by atoms with Gasteiger partial charge >= 0.3 is 0 Å². The Morgan fingerprint density at radius 3 is 1.81 bits per heavy atom. The van der Waals surface area contributed by atoms with E-state index >= 15 is 0 Å². The van der Waals surface area contributed by atoms with Gasteiger partial charge in [0.15, 0.2) is 0 Å². The summed E-state index contributed by atoms with van der Waals surface area (Å²) in [5.41, 5.74) is -0.890. The number of carbonyl (C=O) groups excluding carboxylic acids is 2. The lowest BCUT2D eigenvalue weighted by atomic mass is 9.76. The van der Waals surface area contributed by atoms with Crippen molar-refractivity contribution in [2.24, 2.45) is 5.41 Å². The Morgan fingerprint density at radius 1 is 0.810 bits per heavy atom. The van der Waals surface area contributed by atoms with E-state index in [9.17, 15) is 14.7 Å². The van der Waals surface area contributed by atoms with Crippen molar-refractivity contribution in [1.82, 2.24) is 4.90 Å². The number of piperidine rings is 1. The predicted octanol–water partition coefficient (Wildman–Crippen LogP) is 2.78. The summed E-state index contributed by atoms with van der Waals surface area (Å²) in [4.78, 5) is 26.3. The SMILES string of the molecule is O=C1CC2(CCCC2)CC(=O)N1CC1(O)CCCCCC1. The number of hydrogen-bond acceptors (Lipinski definition) is 3. The van der Waals surface area contributed by atoms with Crippen LogP contribution in [0.3, 0.4) is 0 Å². The van der Waals surface area contributed by atoms with Gasteiger partial charge in [0.25, 0.3) is 0 Å². The lowest BCUT2D eigenvalue weighted by molar-refractivity contribution is -0.158. The molecule has 1 N–H and O–H groups in total. The van der Waals surface area contributed by atoms with Crippen molar-refractivity contribution in [3.05, 3.63) is 0 Å². The minimum atomic E-state index is -0.845. The smallest absolute Gasteiger partial charge is 0.229 e. The first-order valence-electron chi connectivity index (χ1n) is 8.58. The number of likely N-dealkylation sites (tertiary alicyclic amines) is 1. The van der Waals surface area contributed by atoms with Gasteiger partial charge in [-0.1, -0.05) is 38.5 Å². The summed E-state index contributed by atoms with van der Waals surface area (Å²) < 4.78 is 0. The van der Waals surface area contributed by atoms with E-state index in [0.717, 1.165) is 64.2 Å². The average molecular weight is 293 g/mol. The van der Waals surface area contributed by atoms with Gasteiger partial charge in [0.05, 0.1) is 12.1 Å². The molecule has 1 aliphatic heterocycles. The number of carbonyl (C=O) groups is 2. The standard InChI is InChI=1S/C17H27NO3/c19-14-11-16(7-5-6-8-16)12-15(20)18(14)13-17(21)9-3-1-2-4-10-17/h21H,1-13H2. The molecule has 4 nitrogen and oxygen atoms in total. The number of aliphatic hydroxyl groups is 1. The van der Waals surface area contributed by atoms with E-state index in [4.69, 9.17) is 0 Å². The van der Waals surface area contributed by atoms with E-state index in [1.165, 1.54) is 4.90 Å². The maximum absolute atomic E-state index is 12.5. The number of amides is 2. The molecule has 2 saturated carbocycles. The third-order valence-electron chi connectivity index (χ3n) is 5.81. The van der Waals surface area contributed by atoms with Crippen LogP contribution in [0.2, 0.25) is 0 Å². The maximum atomic E-state index is 12.5. The zero-order valence-corrected chi connectivity index (χ0v) is 12.9. The second kappa shape index (κ2) is 5.71. The highest BCUT2D eigenvalue weighted by Crippen LogP contribution is 2.47. The third-order valence-corrected chi connectivity index (χ3v) is 5.81. The second-order valence-electron chi connectivity index (χ2n) is 7.57. The fraction of sp³-hybridized carbons (Fsp3) is 0.882. The van der Waals surface area contributed by atoms with Gasteiger partial charge in [-0.25, -0.2) is 0 Å². The lowest BCUT2D eigenvalue weighted by Crippen LogP contribution is -2.53. The van der Waals surface area contributed by atoms with Crippen molar-refractivity contribution in [3.63, 3.8) is 0 Å². The van der Waals surface area contributed by atoms with Crippen LogP contribution in [0, 0.1) is 5.41 Å². The van der Waals surface area contributed by atoms with Crippen LogP contribution in [-0.4, -0.2) is 34.0 Å². The molecular formula is C17H27NO3. The van der Waals surface area contributed by atoms with Gasteiger partial charge < -0.3 is 5.11 Å². The summed E-state index contributed by atoms with van der Waals surface area (Å²) in [6.45, 7) is 0.223. The van der Waals surface area contributed by atoms with Crippen molar-refractivity contribution < 1.29 is 14.7 Å². The normalized spacial score (nSPS) is 28.9. The van der Waals surface area contributed by atoms with E-state index < -0.39 is 5.60 Å². The first-order chi connectivity index (χ1) is 10.0. The summed E-state index contributed by atoms with van der Waals surface area (Å²) in [7, 11) is 0. The molecule has 3 rings (SSSR count). The van der Waals surface area contributed by atoms with Crippen LogP contribution >= 0.6 is 0 Å². The average Bonchev–Trinajstić information content (AvgIpc) is 2.75. The van der Waals surface area contributed by atoms with E-state index in [0.29, 0.717) is 12.8 Å². The molecule has 1 heterocycles. The topological polar surface area (TPSA) is 57.6 Å². The van der Waals surface area contributed by atoms with Crippen LogP contribution < -0.4 is 0 Å². The van der Waals surface area contributed by atoms with Crippen LogP contribution in [0.1, 0.15) is 77.0 Å². The minimum absolute atomic E-state index is 0.0449. The van der Waals surface area contributed by atoms with Gasteiger partial charge in [-0.05, 0) is 31.1 Å². The van der Waals surface area contributed by atoms with Gasteiger partial charge in [0.1, 0.15) is 0 Å². The molecule has 4 heteroatoms. The molecule has 0 radical (unpaired) electrons. The molecular weight excluding hydrogens is 266 g/mol. The van der Waals surface area contributed by atoms with Crippen molar-refractivity contribution >= 4 is 11.8 Å². The van der Waals surface area contributed by atoms with Crippen molar-refractivity contribution in [1.29, 1.82) is 0 Å². The lowest BCUT2D eigenvalue weighted by Gasteiger charge is -2.40. The summed E-state index contributed by atoms with van der Waals surface area (Å²) in [6.07, 6.45) is 11.1. The van der Waals surface area contributed by atoms with Crippen LogP contribution in [0.25, 0.3) is 0 Å². The van der Waals surface area contributed by atoms with Crippen molar-refractivity contribution in [2.45, 2.75) is 82.7 Å². The molecule has 0 unspecified atom stereocenters.